The van der Waals surface area contributed by atoms with Crippen molar-refractivity contribution in [3.8, 4) is 0 Å². The Morgan fingerprint density at radius 2 is 0.889 bits per heavy atom. The molecule has 0 aliphatic heterocycles. The third-order valence-electron chi connectivity index (χ3n) is 1.24. The number of hydrogen-bond acceptors (Lipinski definition) is 8. The molecule has 106 valence electrons. The second-order valence-electron chi connectivity index (χ2n) is 2.59. The fourth-order valence-corrected chi connectivity index (χ4v) is 0.606. The first-order chi connectivity index (χ1) is 7.91. The van der Waals surface area contributed by atoms with Crippen LogP contribution < -0.4 is 37.5 Å². The van der Waals surface area contributed by atoms with Gasteiger partial charge in [-0.1, -0.05) is 0 Å². The van der Waals surface area contributed by atoms with Crippen molar-refractivity contribution in [2.75, 3.05) is 53.9 Å². The zero-order chi connectivity index (χ0) is 13.6. The number of halogens is 1. The molecule has 0 N–H and O–H groups in total. The van der Waals surface area contributed by atoms with Crippen LogP contribution in [0.3, 0.4) is 0 Å². The van der Waals surface area contributed by atoms with Gasteiger partial charge >= 0.3 is 18.9 Å². The minimum Gasteiger partial charge on any atom is -0.382 e. The van der Waals surface area contributed by atoms with Gasteiger partial charge in [0.05, 0.1) is 39.6 Å². The summed E-state index contributed by atoms with van der Waals surface area (Å²) in [5, 5.41) is 0. The van der Waals surface area contributed by atoms with Gasteiger partial charge in [-0.15, -0.1) is 10.2 Å². The quantitative estimate of drug-likeness (QED) is 0.301. The van der Waals surface area contributed by atoms with Gasteiger partial charge in [0.1, 0.15) is 0 Å². The number of hydrogen-bond donors (Lipinski definition) is 0. The van der Waals surface area contributed by atoms with Crippen molar-refractivity contribution in [3.63, 3.8) is 0 Å². The van der Waals surface area contributed by atoms with Crippen LogP contribution >= 0.6 is 0 Å². The smallest absolute Gasteiger partial charge is 0.382 e. The predicted octanol–water partition coefficient (Wildman–Crippen LogP) is -7.44. The number of methoxy groups -OCH3 is 2. The summed E-state index contributed by atoms with van der Waals surface area (Å²) in [4.78, 5) is 0. The van der Waals surface area contributed by atoms with E-state index < -0.39 is 10.2 Å². The van der Waals surface area contributed by atoms with E-state index in [4.69, 9.17) is 37.6 Å². The van der Waals surface area contributed by atoms with E-state index in [0.29, 0.717) is 39.6 Å². The van der Waals surface area contributed by atoms with Gasteiger partial charge in [-0.3, -0.25) is 0 Å². The molecule has 0 heterocycles. The minimum atomic E-state index is -4.94. The molecule has 10 heteroatoms. The van der Waals surface area contributed by atoms with Crippen molar-refractivity contribution >= 4 is 0 Å². The Bertz CT molecular complexity index is 130. The Kier molecular flexibility index (Phi) is 23.1. The van der Waals surface area contributed by atoms with Crippen LogP contribution in [0.5, 0.6) is 0 Å². The summed E-state index contributed by atoms with van der Waals surface area (Å²) in [5.74, 6) is 0. The van der Waals surface area contributed by atoms with E-state index in [1.54, 1.807) is 14.2 Å². The Labute approximate surface area is 121 Å². The molecule has 0 bridgehead atoms. The van der Waals surface area contributed by atoms with E-state index in [9.17, 15) is 0 Å². The third kappa shape index (κ3) is 43.9. The molecule has 0 amide bonds. The topological polar surface area (TPSA) is 129 Å². The predicted molar refractivity (Wildman–Crippen MR) is 45.4 cm³/mol. The van der Waals surface area contributed by atoms with E-state index in [0.717, 1.165) is 0 Å². The van der Waals surface area contributed by atoms with Gasteiger partial charge in [-0.05, 0) is 0 Å². The summed E-state index contributed by atoms with van der Waals surface area (Å²) in [6, 6.07) is 0. The molecule has 0 unspecified atom stereocenters. The second-order valence-corrected chi connectivity index (χ2v) is 3.34. The van der Waals surface area contributed by atoms with Gasteiger partial charge in [0.25, 0.3) is 0 Å². The summed E-state index contributed by atoms with van der Waals surface area (Å²) in [5.41, 5.74) is 0. The van der Waals surface area contributed by atoms with Crippen LogP contribution in [-0.2, 0) is 18.9 Å². The molecule has 0 aliphatic carbocycles. The molecule has 18 heavy (non-hydrogen) atoms. The van der Waals surface area contributed by atoms with Crippen molar-refractivity contribution in [2.24, 2.45) is 0 Å². The van der Waals surface area contributed by atoms with Gasteiger partial charge in [-0.25, -0.2) is 18.6 Å². The first kappa shape index (κ1) is 23.6. The molecule has 0 aromatic carbocycles. The van der Waals surface area contributed by atoms with Crippen LogP contribution in [0.25, 0.3) is 0 Å². The van der Waals surface area contributed by atoms with Crippen LogP contribution in [0.1, 0.15) is 0 Å². The third-order valence-corrected chi connectivity index (χ3v) is 1.24. The van der Waals surface area contributed by atoms with Crippen LogP contribution in [0.2, 0.25) is 0 Å². The zero-order valence-electron chi connectivity index (χ0n) is 10.9. The first-order valence-corrected chi connectivity index (χ1v) is 5.90. The molecule has 0 aromatic heterocycles. The Hall–Kier alpha value is 0.567. The summed E-state index contributed by atoms with van der Waals surface area (Å²) in [7, 11) is -1.64. The molecular formula is C8H18ClLiO8. The summed E-state index contributed by atoms with van der Waals surface area (Å²) in [6.45, 7) is 3.77. The van der Waals surface area contributed by atoms with E-state index in [-0.39, 0.29) is 18.9 Å². The number of ether oxygens (including phenoxy) is 4. The van der Waals surface area contributed by atoms with Crippen LogP contribution in [-0.4, -0.2) is 53.9 Å². The maximum absolute atomic E-state index is 8.49. The average molecular weight is 285 g/mol. The monoisotopic (exact) mass is 284 g/mol. The fourth-order valence-electron chi connectivity index (χ4n) is 0.606. The summed E-state index contributed by atoms with van der Waals surface area (Å²) in [6.07, 6.45) is 0. The first-order valence-electron chi connectivity index (χ1n) is 4.67. The van der Waals surface area contributed by atoms with Gasteiger partial charge in [0.2, 0.25) is 0 Å². The standard InChI is InChI=1S/C8H18O4.ClHO4.Li/c1-9-3-5-11-7-8-12-6-4-10-2;2-1(3,4)5;/h3-8H2,1-2H3;(H,2,3,4,5);/q;;+1/p-1. The Morgan fingerprint density at radius 1 is 0.667 bits per heavy atom. The van der Waals surface area contributed by atoms with Gasteiger partial charge in [0.15, 0.2) is 0 Å². The largest absolute Gasteiger partial charge is 1.00 e. The van der Waals surface area contributed by atoms with E-state index in [2.05, 4.69) is 0 Å². The van der Waals surface area contributed by atoms with Crippen molar-refractivity contribution in [1.82, 2.24) is 0 Å². The van der Waals surface area contributed by atoms with E-state index >= 15 is 0 Å². The van der Waals surface area contributed by atoms with Crippen LogP contribution in [0.4, 0.5) is 0 Å². The normalized spacial score (nSPS) is 10.3. The molecule has 0 aliphatic rings. The van der Waals surface area contributed by atoms with Gasteiger partial charge in [0, 0.05) is 14.2 Å². The van der Waals surface area contributed by atoms with E-state index in [1.807, 2.05) is 0 Å². The molecule has 8 nitrogen and oxygen atoms in total. The van der Waals surface area contributed by atoms with Gasteiger partial charge < -0.3 is 18.9 Å². The summed E-state index contributed by atoms with van der Waals surface area (Å²) < 4.78 is 53.9. The molecule has 0 radical (unpaired) electrons. The second kappa shape index (κ2) is 17.6. The SMILES string of the molecule is COCCOCCOCCOC.[Li+].[O-][Cl+3]([O-])([O-])[O-]. The maximum Gasteiger partial charge on any atom is 1.00 e. The van der Waals surface area contributed by atoms with Crippen molar-refractivity contribution < 1.29 is 66.7 Å². The zero-order valence-corrected chi connectivity index (χ0v) is 11.6. The average Bonchev–Trinajstić information content (AvgIpc) is 2.20. The Morgan fingerprint density at radius 3 is 1.11 bits per heavy atom. The van der Waals surface area contributed by atoms with Gasteiger partial charge in [-0.2, -0.15) is 0 Å². The molecule has 0 fully saturated rings. The summed E-state index contributed by atoms with van der Waals surface area (Å²) >= 11 is 0. The van der Waals surface area contributed by atoms with Crippen molar-refractivity contribution in [3.05, 3.63) is 0 Å². The molecule has 0 atom stereocenters. The molecule has 0 rings (SSSR count). The van der Waals surface area contributed by atoms with Crippen LogP contribution in [0.15, 0.2) is 0 Å². The van der Waals surface area contributed by atoms with Crippen LogP contribution in [0, 0.1) is 10.2 Å². The maximum atomic E-state index is 8.49. The van der Waals surface area contributed by atoms with E-state index in [1.165, 1.54) is 0 Å². The number of rotatable bonds is 9. The molecular weight excluding hydrogens is 266 g/mol. The van der Waals surface area contributed by atoms with Crippen molar-refractivity contribution in [1.29, 1.82) is 0 Å². The fraction of sp³-hybridized carbons (Fsp3) is 1.00. The van der Waals surface area contributed by atoms with Crippen molar-refractivity contribution in [2.45, 2.75) is 0 Å². The molecule has 0 saturated heterocycles. The molecule has 0 spiro atoms. The Balaban J connectivity index is -0.000000321. The molecule has 0 saturated carbocycles. The minimum absolute atomic E-state index is 0. The molecule has 0 aromatic rings.